The van der Waals surface area contributed by atoms with Gasteiger partial charge in [-0.2, -0.15) is 19.6 Å². The molecular weight excluding hydrogens is 410 g/mol. The Labute approximate surface area is 163 Å². The maximum Gasteiger partial charge on any atom is 0.230 e. The van der Waals surface area contributed by atoms with E-state index in [1.54, 1.807) is 10.7 Å². The van der Waals surface area contributed by atoms with Crippen LogP contribution in [-0.4, -0.2) is 55.7 Å². The van der Waals surface area contributed by atoms with Gasteiger partial charge in [-0.1, -0.05) is 12.1 Å². The summed E-state index contributed by atoms with van der Waals surface area (Å²) in [5.41, 5.74) is 2.71. The van der Waals surface area contributed by atoms with Gasteiger partial charge in [0.15, 0.2) is 5.65 Å². The molecule has 1 fully saturated rings. The number of H-pyrrole nitrogens is 1. The molecule has 4 aromatic rings. The summed E-state index contributed by atoms with van der Waals surface area (Å²) in [4.78, 5) is 19.5. The highest BCUT2D eigenvalue weighted by atomic mass is 79.9. The summed E-state index contributed by atoms with van der Waals surface area (Å²) in [6.07, 6.45) is 1.73. The molecule has 10 heteroatoms. The predicted molar refractivity (Wildman–Crippen MR) is 107 cm³/mol. The molecule has 0 saturated carbocycles. The second-order valence-electron chi connectivity index (χ2n) is 6.37. The number of halogens is 1. The SMILES string of the molecule is Brc1cnn2c(NCc3nc4ccccc4[nH]3)nc(N3CCNCC3)nc12. The van der Waals surface area contributed by atoms with Gasteiger partial charge < -0.3 is 20.5 Å². The molecule has 0 spiro atoms. The number of aromatic amines is 1. The van der Waals surface area contributed by atoms with Gasteiger partial charge in [0, 0.05) is 26.2 Å². The van der Waals surface area contributed by atoms with E-state index in [1.165, 1.54) is 0 Å². The van der Waals surface area contributed by atoms with Gasteiger partial charge in [0.25, 0.3) is 0 Å². The molecular formula is C17H18BrN9. The van der Waals surface area contributed by atoms with Crippen LogP contribution < -0.4 is 15.5 Å². The van der Waals surface area contributed by atoms with Gasteiger partial charge in [0.2, 0.25) is 11.9 Å². The number of rotatable bonds is 4. The maximum absolute atomic E-state index is 4.72. The van der Waals surface area contributed by atoms with E-state index in [0.717, 1.165) is 53.2 Å². The quantitative estimate of drug-likeness (QED) is 0.456. The Hall–Kier alpha value is -2.72. The number of imidazole rings is 1. The lowest BCUT2D eigenvalue weighted by Gasteiger charge is -2.27. The molecule has 3 N–H and O–H groups in total. The van der Waals surface area contributed by atoms with Crippen LogP contribution in [0.5, 0.6) is 0 Å². The molecule has 1 aliphatic heterocycles. The highest BCUT2D eigenvalue weighted by Crippen LogP contribution is 2.22. The Kier molecular flexibility index (Phi) is 4.13. The smallest absolute Gasteiger partial charge is 0.230 e. The standard InChI is InChI=1S/C17H18BrN9/c18-11-9-21-27-15(11)24-17(26-7-5-19-6-8-26)25-16(27)20-10-14-22-12-3-1-2-4-13(12)23-14/h1-4,9,19H,5-8,10H2,(H,22,23)(H,20,24,25). The molecule has 0 amide bonds. The van der Waals surface area contributed by atoms with Crippen molar-refractivity contribution < 1.29 is 0 Å². The van der Waals surface area contributed by atoms with E-state index in [1.807, 2.05) is 24.3 Å². The van der Waals surface area contributed by atoms with Crippen molar-refractivity contribution in [2.75, 3.05) is 36.4 Å². The molecule has 1 saturated heterocycles. The summed E-state index contributed by atoms with van der Waals surface area (Å²) in [5, 5.41) is 11.1. The van der Waals surface area contributed by atoms with Gasteiger partial charge >= 0.3 is 0 Å². The zero-order valence-corrected chi connectivity index (χ0v) is 16.1. The van der Waals surface area contributed by atoms with Crippen molar-refractivity contribution in [1.29, 1.82) is 0 Å². The van der Waals surface area contributed by atoms with E-state index in [4.69, 9.17) is 4.98 Å². The summed E-state index contributed by atoms with van der Waals surface area (Å²) in [5.74, 6) is 2.19. The largest absolute Gasteiger partial charge is 0.347 e. The molecule has 0 unspecified atom stereocenters. The van der Waals surface area contributed by atoms with Crippen LogP contribution in [0.1, 0.15) is 5.82 Å². The molecule has 1 aliphatic rings. The van der Waals surface area contributed by atoms with Gasteiger partial charge in [-0.25, -0.2) is 4.98 Å². The Bertz CT molecular complexity index is 1060. The highest BCUT2D eigenvalue weighted by molar-refractivity contribution is 9.10. The van der Waals surface area contributed by atoms with Crippen molar-refractivity contribution in [3.8, 4) is 0 Å². The molecule has 0 radical (unpaired) electrons. The van der Waals surface area contributed by atoms with Crippen molar-refractivity contribution in [2.24, 2.45) is 0 Å². The lowest BCUT2D eigenvalue weighted by molar-refractivity contribution is 0.579. The van der Waals surface area contributed by atoms with Crippen LogP contribution in [0, 0.1) is 0 Å². The average Bonchev–Trinajstić information content (AvgIpc) is 3.30. The van der Waals surface area contributed by atoms with Gasteiger partial charge in [-0.3, -0.25) is 0 Å². The third-order valence-electron chi connectivity index (χ3n) is 4.57. The Morgan fingerprint density at radius 1 is 1.11 bits per heavy atom. The summed E-state index contributed by atoms with van der Waals surface area (Å²) in [6, 6.07) is 7.98. The number of piperazine rings is 1. The number of fused-ring (bicyclic) bond motifs is 2. The van der Waals surface area contributed by atoms with Crippen LogP contribution in [-0.2, 0) is 6.54 Å². The number of anilines is 2. The molecule has 9 nitrogen and oxygen atoms in total. The van der Waals surface area contributed by atoms with Crippen molar-refractivity contribution in [1.82, 2.24) is 34.9 Å². The maximum atomic E-state index is 4.72. The number of para-hydroxylation sites is 2. The van der Waals surface area contributed by atoms with Crippen molar-refractivity contribution >= 4 is 44.5 Å². The average molecular weight is 428 g/mol. The van der Waals surface area contributed by atoms with Crippen LogP contribution >= 0.6 is 15.9 Å². The van der Waals surface area contributed by atoms with Crippen molar-refractivity contribution in [2.45, 2.75) is 6.54 Å². The minimum Gasteiger partial charge on any atom is -0.347 e. The van der Waals surface area contributed by atoms with Crippen molar-refractivity contribution in [3.05, 3.63) is 40.8 Å². The van der Waals surface area contributed by atoms with Crippen LogP contribution in [0.4, 0.5) is 11.9 Å². The van der Waals surface area contributed by atoms with E-state index in [0.29, 0.717) is 18.4 Å². The Morgan fingerprint density at radius 2 is 1.96 bits per heavy atom. The number of aromatic nitrogens is 6. The van der Waals surface area contributed by atoms with E-state index in [9.17, 15) is 0 Å². The summed E-state index contributed by atoms with van der Waals surface area (Å²) in [7, 11) is 0. The minimum absolute atomic E-state index is 0.513. The topological polar surface area (TPSA) is 99.1 Å². The van der Waals surface area contributed by atoms with Gasteiger partial charge in [-0.15, -0.1) is 0 Å². The second-order valence-corrected chi connectivity index (χ2v) is 7.22. The lowest BCUT2D eigenvalue weighted by Crippen LogP contribution is -2.44. The second kappa shape index (κ2) is 6.78. The molecule has 27 heavy (non-hydrogen) atoms. The first kappa shape index (κ1) is 16.5. The third kappa shape index (κ3) is 3.10. The lowest BCUT2D eigenvalue weighted by atomic mass is 10.3. The summed E-state index contributed by atoms with van der Waals surface area (Å²) < 4.78 is 2.55. The Morgan fingerprint density at radius 3 is 2.81 bits per heavy atom. The highest BCUT2D eigenvalue weighted by Gasteiger charge is 2.18. The van der Waals surface area contributed by atoms with Crippen LogP contribution in [0.15, 0.2) is 34.9 Å². The number of benzene rings is 1. The zero-order valence-electron chi connectivity index (χ0n) is 14.5. The number of nitrogens with zero attached hydrogens (tertiary/aromatic N) is 6. The van der Waals surface area contributed by atoms with Gasteiger partial charge in [0.1, 0.15) is 5.82 Å². The fourth-order valence-corrected chi connectivity index (χ4v) is 3.56. The van der Waals surface area contributed by atoms with Crippen molar-refractivity contribution in [3.63, 3.8) is 0 Å². The first-order valence-electron chi connectivity index (χ1n) is 8.82. The first-order valence-corrected chi connectivity index (χ1v) is 9.62. The third-order valence-corrected chi connectivity index (χ3v) is 5.12. The van der Waals surface area contributed by atoms with E-state index in [-0.39, 0.29) is 0 Å². The molecule has 1 aromatic carbocycles. The van der Waals surface area contributed by atoms with E-state index in [2.05, 4.69) is 51.5 Å². The molecule has 4 heterocycles. The molecule has 3 aromatic heterocycles. The fraction of sp³-hybridized carbons (Fsp3) is 0.294. The number of hydrogen-bond donors (Lipinski definition) is 3. The molecule has 138 valence electrons. The normalized spacial score (nSPS) is 14.9. The molecule has 0 atom stereocenters. The summed E-state index contributed by atoms with van der Waals surface area (Å²) >= 11 is 3.53. The van der Waals surface area contributed by atoms with Gasteiger partial charge in [0.05, 0.1) is 28.2 Å². The number of hydrogen-bond acceptors (Lipinski definition) is 7. The van der Waals surface area contributed by atoms with Gasteiger partial charge in [-0.05, 0) is 28.1 Å². The summed E-state index contributed by atoms with van der Waals surface area (Å²) in [6.45, 7) is 4.13. The first-order chi connectivity index (χ1) is 13.3. The minimum atomic E-state index is 0.513. The molecule has 0 aliphatic carbocycles. The van der Waals surface area contributed by atoms with E-state index >= 15 is 0 Å². The molecule has 5 rings (SSSR count). The van der Waals surface area contributed by atoms with Crippen LogP contribution in [0.3, 0.4) is 0 Å². The monoisotopic (exact) mass is 427 g/mol. The zero-order chi connectivity index (χ0) is 18.2. The van der Waals surface area contributed by atoms with Crippen LogP contribution in [0.2, 0.25) is 0 Å². The van der Waals surface area contributed by atoms with E-state index < -0.39 is 0 Å². The number of nitrogens with one attached hydrogen (secondary N) is 3. The Balaban J connectivity index is 1.47. The fourth-order valence-electron chi connectivity index (χ4n) is 3.21. The predicted octanol–water partition coefficient (Wildman–Crippen LogP) is 1.78. The van der Waals surface area contributed by atoms with Crippen LogP contribution in [0.25, 0.3) is 16.7 Å². The molecule has 0 bridgehead atoms.